The Kier molecular flexibility index (Phi) is 9.03. The summed E-state index contributed by atoms with van der Waals surface area (Å²) in [6.07, 6.45) is 2.73. The molecule has 2 atom stereocenters. The number of hydrogen-bond donors (Lipinski definition) is 3. The lowest BCUT2D eigenvalue weighted by atomic mass is 9.84. The van der Waals surface area contributed by atoms with E-state index in [9.17, 15) is 9.59 Å². The van der Waals surface area contributed by atoms with Crippen molar-refractivity contribution in [3.05, 3.63) is 97.6 Å². The fraction of sp³-hybridized carbons (Fsp3) is 0.324. The highest BCUT2D eigenvalue weighted by Crippen LogP contribution is 2.37. The summed E-state index contributed by atoms with van der Waals surface area (Å²) in [4.78, 5) is 40.0. The van der Waals surface area contributed by atoms with Crippen molar-refractivity contribution in [2.45, 2.75) is 31.3 Å². The molecule has 2 bridgehead atoms. The van der Waals surface area contributed by atoms with Crippen LogP contribution < -0.4 is 26.8 Å². The molecule has 48 heavy (non-hydrogen) atoms. The van der Waals surface area contributed by atoms with Crippen LogP contribution in [0.1, 0.15) is 25.0 Å². The molecule has 2 unspecified atom stereocenters. The molecular weight excluding hydrogens is 717 g/mol. The van der Waals surface area contributed by atoms with Crippen molar-refractivity contribution in [1.29, 1.82) is 0 Å². The number of benzene rings is 2. The minimum atomic E-state index is -0.781. The molecule has 5 aromatic rings. The Bertz CT molecular complexity index is 2060. The normalized spacial score (nSPS) is 19.2. The number of primary amides is 1. The summed E-state index contributed by atoms with van der Waals surface area (Å²) < 4.78 is 4.56. The first kappa shape index (κ1) is 32.7. The quantitative estimate of drug-likeness (QED) is 0.226. The lowest BCUT2D eigenvalue weighted by molar-refractivity contribution is -0.125. The molecule has 0 spiro atoms. The number of nitrogens with two attached hydrogens (primary N) is 1. The number of pyridine rings is 1. The topological polar surface area (TPSA) is 136 Å². The van der Waals surface area contributed by atoms with Gasteiger partial charge in [0.2, 0.25) is 5.91 Å². The molecule has 0 aliphatic carbocycles. The van der Waals surface area contributed by atoms with Crippen LogP contribution in [-0.4, -0.2) is 68.3 Å². The van der Waals surface area contributed by atoms with Crippen molar-refractivity contribution in [1.82, 2.24) is 34.7 Å². The van der Waals surface area contributed by atoms with E-state index >= 15 is 0 Å². The Labute approximate surface area is 295 Å². The van der Waals surface area contributed by atoms with E-state index in [0.29, 0.717) is 68.8 Å². The number of piperidine rings is 1. The molecule has 248 valence electrons. The first-order chi connectivity index (χ1) is 23.2. The highest BCUT2D eigenvalue weighted by Gasteiger charge is 2.48. The van der Waals surface area contributed by atoms with Crippen molar-refractivity contribution >= 4 is 62.0 Å². The number of hydrogen-bond acceptors (Lipinski definition) is 8. The smallest absolute Gasteiger partial charge is 0.265 e. The van der Waals surface area contributed by atoms with Crippen molar-refractivity contribution in [3.8, 4) is 17.1 Å². The standard InChI is InChI=1S/C23H21Cl2N7O.C11H13BrN2O/c1-2-29-23(22(26)33)11-31(12-23)20-18-21(28-13-27-20)32(15-9-7-14(24)8-10-15)19(30-18)16-5-3-4-6-17(16)25;12-9-1-2-10-8-3-7(4-13-5-8)6-14(10)11(9)15/h3-10,13,29H,2,11-12H2,1H3,(H2,26,33);1-2,7-8,13H,3-6H2. The maximum Gasteiger partial charge on any atom is 0.265 e. The number of fused-ring (bicyclic) bond motifs is 5. The summed E-state index contributed by atoms with van der Waals surface area (Å²) in [5.41, 5.74) is 9.06. The fourth-order valence-electron chi connectivity index (χ4n) is 6.98. The van der Waals surface area contributed by atoms with E-state index in [1.165, 1.54) is 18.4 Å². The van der Waals surface area contributed by atoms with Gasteiger partial charge in [-0.2, -0.15) is 0 Å². The van der Waals surface area contributed by atoms with Gasteiger partial charge in [-0.3, -0.25) is 14.2 Å². The van der Waals surface area contributed by atoms with Crippen molar-refractivity contribution < 1.29 is 4.79 Å². The molecule has 4 N–H and O–H groups in total. The van der Waals surface area contributed by atoms with Gasteiger partial charge in [0.15, 0.2) is 17.0 Å². The Morgan fingerprint density at radius 3 is 2.58 bits per heavy atom. The Hall–Kier alpha value is -3.81. The minimum absolute atomic E-state index is 0.129. The van der Waals surface area contributed by atoms with Crippen molar-refractivity contribution in [3.63, 3.8) is 0 Å². The monoisotopic (exact) mass is 749 g/mol. The van der Waals surface area contributed by atoms with Gasteiger partial charge in [0, 0.05) is 54.1 Å². The molecule has 2 saturated heterocycles. The summed E-state index contributed by atoms with van der Waals surface area (Å²) in [5, 5.41) is 7.84. The van der Waals surface area contributed by atoms with Crippen molar-refractivity contribution in [2.24, 2.45) is 11.7 Å². The van der Waals surface area contributed by atoms with E-state index in [2.05, 4.69) is 42.6 Å². The van der Waals surface area contributed by atoms with Crippen LogP contribution in [-0.2, 0) is 11.3 Å². The molecule has 11 nitrogen and oxygen atoms in total. The van der Waals surface area contributed by atoms with Gasteiger partial charge in [-0.1, -0.05) is 42.3 Å². The lowest BCUT2D eigenvalue weighted by Crippen LogP contribution is -2.75. The zero-order chi connectivity index (χ0) is 33.6. The molecule has 3 aromatic heterocycles. The second-order valence-electron chi connectivity index (χ2n) is 12.4. The Balaban J connectivity index is 0.000000201. The number of carbonyl (C=O) groups is 1. The van der Waals surface area contributed by atoms with Gasteiger partial charge in [0.05, 0.1) is 9.50 Å². The average Bonchev–Trinajstić information content (AvgIpc) is 3.45. The number of aromatic nitrogens is 5. The zero-order valence-corrected chi connectivity index (χ0v) is 29.3. The zero-order valence-electron chi connectivity index (χ0n) is 26.2. The van der Waals surface area contributed by atoms with Crippen LogP contribution in [0, 0.1) is 5.92 Å². The second-order valence-corrected chi connectivity index (χ2v) is 14.1. The Morgan fingerprint density at radius 2 is 1.85 bits per heavy atom. The number of anilines is 1. The summed E-state index contributed by atoms with van der Waals surface area (Å²) in [7, 11) is 0. The first-order valence-electron chi connectivity index (χ1n) is 15.8. The number of nitrogens with zero attached hydrogens (tertiary/aromatic N) is 6. The minimum Gasteiger partial charge on any atom is -0.368 e. The molecule has 0 radical (unpaired) electrons. The van der Waals surface area contributed by atoms with Crippen molar-refractivity contribution in [2.75, 3.05) is 37.6 Å². The number of rotatable bonds is 6. The summed E-state index contributed by atoms with van der Waals surface area (Å²) in [6, 6.07) is 18.9. The van der Waals surface area contributed by atoms with Gasteiger partial charge >= 0.3 is 0 Å². The summed E-state index contributed by atoms with van der Waals surface area (Å²) in [6.45, 7) is 6.32. The van der Waals surface area contributed by atoms with Gasteiger partial charge in [0.25, 0.3) is 5.56 Å². The number of amides is 1. The number of likely N-dealkylation sites (N-methyl/N-ethyl adjacent to an activating group) is 1. The summed E-state index contributed by atoms with van der Waals surface area (Å²) >= 11 is 16.0. The number of halogens is 3. The molecule has 0 saturated carbocycles. The van der Waals surface area contributed by atoms with Crippen LogP contribution in [0.3, 0.4) is 0 Å². The van der Waals surface area contributed by atoms with E-state index in [-0.39, 0.29) is 11.5 Å². The van der Waals surface area contributed by atoms with Gasteiger partial charge in [-0.15, -0.1) is 0 Å². The van der Waals surface area contributed by atoms with Gasteiger partial charge in [0.1, 0.15) is 17.7 Å². The molecule has 8 rings (SSSR count). The number of carbonyl (C=O) groups excluding carboxylic acids is 1. The molecule has 2 fully saturated rings. The number of imidazole rings is 1. The van der Waals surface area contributed by atoms with E-state index in [4.69, 9.17) is 33.9 Å². The highest BCUT2D eigenvalue weighted by molar-refractivity contribution is 9.10. The van der Waals surface area contributed by atoms with E-state index < -0.39 is 5.54 Å². The van der Waals surface area contributed by atoms with Crippen LogP contribution >= 0.6 is 39.1 Å². The van der Waals surface area contributed by atoms with Gasteiger partial charge in [-0.25, -0.2) is 15.0 Å². The maximum absolute atomic E-state index is 12.1. The molecule has 3 aliphatic heterocycles. The third-order valence-corrected chi connectivity index (χ3v) is 10.5. The average molecular weight is 752 g/mol. The molecule has 1 amide bonds. The molecule has 2 aromatic carbocycles. The van der Waals surface area contributed by atoms with E-state index in [0.717, 1.165) is 30.9 Å². The first-order valence-corrected chi connectivity index (χ1v) is 17.4. The lowest BCUT2D eigenvalue weighted by Gasteiger charge is -2.48. The van der Waals surface area contributed by atoms with E-state index in [1.54, 1.807) is 0 Å². The predicted octanol–water partition coefficient (Wildman–Crippen LogP) is 4.76. The summed E-state index contributed by atoms with van der Waals surface area (Å²) in [5.74, 6) is 2.04. The van der Waals surface area contributed by atoms with E-state index in [1.807, 2.05) is 75.6 Å². The van der Waals surface area contributed by atoms with Crippen LogP contribution in [0.2, 0.25) is 10.0 Å². The highest BCUT2D eigenvalue weighted by atomic mass is 79.9. The van der Waals surface area contributed by atoms with Crippen LogP contribution in [0.25, 0.3) is 28.2 Å². The largest absolute Gasteiger partial charge is 0.368 e. The molecular formula is C34H34BrCl2N9O2. The van der Waals surface area contributed by atoms with Crippen LogP contribution in [0.4, 0.5) is 5.82 Å². The molecule has 14 heteroatoms. The fourth-order valence-corrected chi connectivity index (χ4v) is 7.67. The third-order valence-electron chi connectivity index (χ3n) is 9.29. The third kappa shape index (κ3) is 5.90. The molecule has 3 aliphatic rings. The molecule has 6 heterocycles. The van der Waals surface area contributed by atoms with Crippen LogP contribution in [0.15, 0.2) is 76.3 Å². The van der Waals surface area contributed by atoms with Gasteiger partial charge in [-0.05, 0) is 89.9 Å². The van der Waals surface area contributed by atoms with Crippen LogP contribution in [0.5, 0.6) is 0 Å². The van der Waals surface area contributed by atoms with Gasteiger partial charge < -0.3 is 25.8 Å². The Morgan fingerprint density at radius 1 is 1.08 bits per heavy atom. The predicted molar refractivity (Wildman–Crippen MR) is 192 cm³/mol. The number of nitrogens with one attached hydrogen (secondary N) is 2. The maximum atomic E-state index is 12.1. The second kappa shape index (κ2) is 13.2. The SMILES string of the molecule is CCNC1(C(N)=O)CN(c2ncnc3c2nc(-c2ccccc2Cl)n3-c2ccc(Cl)cc2)C1.O=c1c(Br)ccc2n1CC1CNCC2C1.